The average Bonchev–Trinajstić information content (AvgIpc) is 3.36. The Bertz CT molecular complexity index is 1350. The van der Waals surface area contributed by atoms with Crippen LogP contribution in [0.5, 0.6) is 5.75 Å². The molecule has 0 aliphatic carbocycles. The van der Waals surface area contributed by atoms with Crippen LogP contribution >= 0.6 is 0 Å². The minimum absolute atomic E-state index is 0.617. The molecule has 0 radical (unpaired) electrons. The van der Waals surface area contributed by atoms with Crippen LogP contribution in [0.15, 0.2) is 84.9 Å². The van der Waals surface area contributed by atoms with Crippen molar-refractivity contribution >= 4 is 5.69 Å². The lowest BCUT2D eigenvalue weighted by atomic mass is 9.81. The van der Waals surface area contributed by atoms with Crippen molar-refractivity contribution < 1.29 is 9.47 Å². The van der Waals surface area contributed by atoms with Crippen LogP contribution in [0.4, 0.5) is 5.69 Å². The number of ether oxygens (including phenoxy) is 2. The number of para-hydroxylation sites is 2. The summed E-state index contributed by atoms with van der Waals surface area (Å²) < 4.78 is 12.2. The van der Waals surface area contributed by atoms with Gasteiger partial charge in [-0.1, -0.05) is 72.8 Å². The van der Waals surface area contributed by atoms with Gasteiger partial charge in [0.1, 0.15) is 5.75 Å². The summed E-state index contributed by atoms with van der Waals surface area (Å²) >= 11 is 0. The van der Waals surface area contributed by atoms with E-state index in [-0.39, 0.29) is 0 Å². The van der Waals surface area contributed by atoms with E-state index in [1.54, 1.807) is 0 Å². The molecule has 0 saturated carbocycles. The maximum absolute atomic E-state index is 6.31. The summed E-state index contributed by atoms with van der Waals surface area (Å²) in [5, 5.41) is 0. The lowest BCUT2D eigenvalue weighted by molar-refractivity contribution is 0.184. The largest absolute Gasteiger partial charge is 0.491 e. The van der Waals surface area contributed by atoms with Crippen LogP contribution in [0.3, 0.4) is 0 Å². The van der Waals surface area contributed by atoms with Crippen LogP contribution in [-0.4, -0.2) is 13.7 Å². The van der Waals surface area contributed by atoms with Crippen LogP contribution in [0, 0.1) is 0 Å². The van der Waals surface area contributed by atoms with Gasteiger partial charge in [0.15, 0.2) is 0 Å². The first kappa shape index (κ1) is 22.9. The fourth-order valence-electron chi connectivity index (χ4n) is 6.01. The third-order valence-corrected chi connectivity index (χ3v) is 7.58. The molecule has 6 rings (SSSR count). The van der Waals surface area contributed by atoms with Crippen LogP contribution < -0.4 is 9.64 Å². The predicted molar refractivity (Wildman–Crippen MR) is 147 cm³/mol. The Kier molecular flexibility index (Phi) is 6.48. The number of hydrogen-bond donors (Lipinski definition) is 0. The Labute approximate surface area is 214 Å². The molecule has 36 heavy (non-hydrogen) atoms. The molecular formula is C33H33NO2. The molecule has 2 aliphatic rings. The number of fused-ring (bicyclic) bond motifs is 4. The summed E-state index contributed by atoms with van der Waals surface area (Å²) in [6.07, 6.45) is 4.39. The average molecular weight is 476 g/mol. The van der Waals surface area contributed by atoms with Crippen LogP contribution in [-0.2, 0) is 30.9 Å². The van der Waals surface area contributed by atoms with Crippen LogP contribution in [0.25, 0.3) is 22.3 Å². The van der Waals surface area contributed by atoms with Crippen molar-refractivity contribution in [3.8, 4) is 28.0 Å². The molecule has 3 bridgehead atoms. The number of nitrogens with zero attached hydrogens (tertiary/aromatic N) is 1. The monoisotopic (exact) mass is 475 g/mol. The van der Waals surface area contributed by atoms with Crippen molar-refractivity contribution in [1.29, 1.82) is 0 Å². The second-order valence-corrected chi connectivity index (χ2v) is 9.81. The number of rotatable bonds is 4. The zero-order chi connectivity index (χ0) is 24.3. The molecule has 0 atom stereocenters. The van der Waals surface area contributed by atoms with Crippen molar-refractivity contribution in [2.45, 2.75) is 45.4 Å². The van der Waals surface area contributed by atoms with Gasteiger partial charge in [0.25, 0.3) is 0 Å². The number of anilines is 1. The molecule has 0 aromatic heterocycles. The highest BCUT2D eigenvalue weighted by atomic mass is 16.5. The molecule has 0 amide bonds. The second kappa shape index (κ2) is 10.2. The fraction of sp³-hybridized carbons (Fsp3) is 0.273. The molecule has 3 nitrogen and oxygen atoms in total. The lowest BCUT2D eigenvalue weighted by Gasteiger charge is -2.24. The minimum Gasteiger partial charge on any atom is -0.491 e. The molecule has 4 aromatic rings. The van der Waals surface area contributed by atoms with E-state index in [1.165, 1.54) is 50.2 Å². The molecule has 2 heterocycles. The van der Waals surface area contributed by atoms with E-state index in [9.17, 15) is 0 Å². The highest BCUT2D eigenvalue weighted by Crippen LogP contribution is 2.47. The van der Waals surface area contributed by atoms with Gasteiger partial charge in [-0.05, 0) is 82.3 Å². The molecule has 0 unspecified atom stereocenters. The van der Waals surface area contributed by atoms with Gasteiger partial charge in [-0.3, -0.25) is 0 Å². The van der Waals surface area contributed by atoms with Crippen molar-refractivity contribution in [2.24, 2.45) is 0 Å². The summed E-state index contributed by atoms with van der Waals surface area (Å²) in [7, 11) is 1.83. The van der Waals surface area contributed by atoms with E-state index in [2.05, 4.69) is 89.8 Å². The Morgan fingerprint density at radius 1 is 0.694 bits per heavy atom. The predicted octanol–water partition coefficient (Wildman–Crippen LogP) is 7.79. The van der Waals surface area contributed by atoms with Crippen LogP contribution in [0.1, 0.15) is 41.5 Å². The lowest BCUT2D eigenvalue weighted by Crippen LogP contribution is -2.16. The summed E-state index contributed by atoms with van der Waals surface area (Å²) in [6.45, 7) is 3.11. The summed E-state index contributed by atoms with van der Waals surface area (Å²) in [4.78, 5) is 2.50. The highest BCUT2D eigenvalue weighted by Gasteiger charge is 2.32. The third-order valence-electron chi connectivity index (χ3n) is 7.58. The van der Waals surface area contributed by atoms with E-state index in [4.69, 9.17) is 9.47 Å². The third kappa shape index (κ3) is 4.18. The second-order valence-electron chi connectivity index (χ2n) is 9.81. The summed E-state index contributed by atoms with van der Waals surface area (Å²) in [5.41, 5.74) is 12.2. The van der Waals surface area contributed by atoms with Crippen LogP contribution in [0.2, 0.25) is 0 Å². The minimum atomic E-state index is 0.617. The molecule has 3 heteroatoms. The van der Waals surface area contributed by atoms with Gasteiger partial charge >= 0.3 is 0 Å². The van der Waals surface area contributed by atoms with Crippen molar-refractivity contribution in [3.05, 3.63) is 107 Å². The van der Waals surface area contributed by atoms with Gasteiger partial charge in [-0.2, -0.15) is 0 Å². The Morgan fingerprint density at radius 3 is 2.06 bits per heavy atom. The Balaban J connectivity index is 1.66. The van der Waals surface area contributed by atoms with Crippen molar-refractivity contribution in [3.63, 3.8) is 0 Å². The Hall–Kier alpha value is -3.56. The number of methoxy groups -OCH3 is 1. The first-order valence-corrected chi connectivity index (χ1v) is 13.1. The van der Waals surface area contributed by atoms with E-state index < -0.39 is 0 Å². The maximum Gasteiger partial charge on any atom is 0.142 e. The molecular weight excluding hydrogens is 442 g/mol. The zero-order valence-electron chi connectivity index (χ0n) is 21.0. The van der Waals surface area contributed by atoms with Gasteiger partial charge in [0.05, 0.1) is 18.9 Å². The standard InChI is InChI=1S/C33H33NO2/c1-35-23-29-26-17-9-4-12-20-36-31-19-11-10-18-30(31)34-21-27(32(26)24-13-5-2-6-14-24)28(22-34)33(29)25-15-7-3-8-16-25/h2-3,5-8,10-11,13-16,18-19H,4,9,12,17,20-23H2,1H3. The van der Waals surface area contributed by atoms with Gasteiger partial charge in [0.2, 0.25) is 0 Å². The number of benzene rings is 4. The topological polar surface area (TPSA) is 21.7 Å². The van der Waals surface area contributed by atoms with Gasteiger partial charge in [-0.15, -0.1) is 0 Å². The highest BCUT2D eigenvalue weighted by molar-refractivity contribution is 5.85. The van der Waals surface area contributed by atoms with Gasteiger partial charge in [0, 0.05) is 20.2 Å². The molecule has 0 spiro atoms. The van der Waals surface area contributed by atoms with Gasteiger partial charge in [-0.25, -0.2) is 0 Å². The SMILES string of the molecule is COCc1c2c(-c3ccccc3)c3c(c1-c1ccccc1)CN(C3)c1ccccc1OCCCCC2. The molecule has 4 aromatic carbocycles. The normalized spacial score (nSPS) is 15.0. The molecule has 0 saturated heterocycles. The zero-order valence-corrected chi connectivity index (χ0v) is 21.0. The quantitative estimate of drug-likeness (QED) is 0.301. The van der Waals surface area contributed by atoms with E-state index in [0.29, 0.717) is 6.61 Å². The van der Waals surface area contributed by atoms with E-state index in [0.717, 1.165) is 51.1 Å². The van der Waals surface area contributed by atoms with E-state index in [1.807, 2.05) is 7.11 Å². The molecule has 0 fully saturated rings. The molecule has 2 aliphatic heterocycles. The Morgan fingerprint density at radius 2 is 1.33 bits per heavy atom. The van der Waals surface area contributed by atoms with E-state index >= 15 is 0 Å². The first-order valence-electron chi connectivity index (χ1n) is 13.1. The van der Waals surface area contributed by atoms with Gasteiger partial charge < -0.3 is 14.4 Å². The molecule has 182 valence electrons. The smallest absolute Gasteiger partial charge is 0.142 e. The number of hydrogen-bond acceptors (Lipinski definition) is 3. The van der Waals surface area contributed by atoms with Crippen molar-refractivity contribution in [2.75, 3.05) is 18.6 Å². The molecule has 0 N–H and O–H groups in total. The summed E-state index contributed by atoms with van der Waals surface area (Å²) in [5.74, 6) is 0.990. The fourth-order valence-corrected chi connectivity index (χ4v) is 6.01. The summed E-state index contributed by atoms with van der Waals surface area (Å²) in [6, 6.07) is 30.4. The first-order chi connectivity index (χ1) is 17.8. The maximum atomic E-state index is 6.31. The van der Waals surface area contributed by atoms with Crippen molar-refractivity contribution in [1.82, 2.24) is 0 Å².